The molecule has 3 aromatic rings. The maximum Gasteiger partial charge on any atom is 0.175 e. The lowest BCUT2D eigenvalue weighted by Crippen LogP contribution is -2.17. The Kier molecular flexibility index (Phi) is 6.53. The molecule has 6 nitrogen and oxygen atoms in total. The van der Waals surface area contributed by atoms with Crippen LogP contribution in [0.4, 0.5) is 11.5 Å². The molecule has 7 heteroatoms. The van der Waals surface area contributed by atoms with Crippen LogP contribution in [-0.2, 0) is 21.0 Å². The van der Waals surface area contributed by atoms with Gasteiger partial charge in [0, 0.05) is 31.4 Å². The summed E-state index contributed by atoms with van der Waals surface area (Å²) in [5, 5.41) is 3.34. The maximum atomic E-state index is 11.7. The molecule has 2 heterocycles. The summed E-state index contributed by atoms with van der Waals surface area (Å²) in [6, 6.07) is 18.3. The van der Waals surface area contributed by atoms with Gasteiger partial charge in [0.05, 0.1) is 4.90 Å². The van der Waals surface area contributed by atoms with Gasteiger partial charge in [-0.2, -0.15) is 0 Å². The maximum absolute atomic E-state index is 11.7. The van der Waals surface area contributed by atoms with Crippen LogP contribution in [0.1, 0.15) is 18.4 Å². The first-order valence-electron chi connectivity index (χ1n) is 10.3. The molecule has 0 radical (unpaired) electrons. The molecule has 0 saturated carbocycles. The van der Waals surface area contributed by atoms with Gasteiger partial charge in [-0.25, -0.2) is 13.4 Å². The highest BCUT2D eigenvalue weighted by Crippen LogP contribution is 2.33. The standard InChI is InChI=1S/C24H26N2O4S/c1-31(27,28)22-8-6-21(7-9-22)30-23-10-5-20(26-24-4-2-3-13-25-24)17-19(23)16-18-11-14-29-15-12-18/h2-10,13,17-18H,11-12,14-16H2,1H3,(H,25,26). The van der Waals surface area contributed by atoms with E-state index < -0.39 is 9.84 Å². The summed E-state index contributed by atoms with van der Waals surface area (Å²) < 4.78 is 35.1. The first kappa shape index (κ1) is 21.3. The number of rotatable bonds is 7. The van der Waals surface area contributed by atoms with E-state index in [-0.39, 0.29) is 4.90 Å². The minimum atomic E-state index is -3.24. The van der Waals surface area contributed by atoms with E-state index in [1.165, 1.54) is 6.26 Å². The summed E-state index contributed by atoms with van der Waals surface area (Å²) in [6.45, 7) is 1.58. The molecule has 0 amide bonds. The highest BCUT2D eigenvalue weighted by Gasteiger charge is 2.18. The van der Waals surface area contributed by atoms with Crippen molar-refractivity contribution in [2.45, 2.75) is 24.2 Å². The molecular formula is C24H26N2O4S. The molecule has 1 fully saturated rings. The van der Waals surface area contributed by atoms with Crippen molar-refractivity contribution in [1.82, 2.24) is 4.98 Å². The number of benzene rings is 2. The number of nitrogens with zero attached hydrogens (tertiary/aromatic N) is 1. The van der Waals surface area contributed by atoms with Crippen molar-refractivity contribution in [2.24, 2.45) is 5.92 Å². The van der Waals surface area contributed by atoms with Crippen LogP contribution < -0.4 is 10.1 Å². The van der Waals surface area contributed by atoms with Gasteiger partial charge in [-0.05, 0) is 85.3 Å². The lowest BCUT2D eigenvalue weighted by molar-refractivity contribution is 0.0664. The summed E-state index contributed by atoms with van der Waals surface area (Å²) in [6.07, 6.45) is 5.89. The van der Waals surface area contributed by atoms with E-state index in [0.717, 1.165) is 55.3 Å². The number of sulfone groups is 1. The largest absolute Gasteiger partial charge is 0.457 e. The first-order chi connectivity index (χ1) is 15.0. The van der Waals surface area contributed by atoms with Crippen LogP contribution >= 0.6 is 0 Å². The number of pyridine rings is 1. The summed E-state index contributed by atoms with van der Waals surface area (Å²) in [7, 11) is -3.24. The quantitative estimate of drug-likeness (QED) is 0.560. The minimum absolute atomic E-state index is 0.275. The average molecular weight is 439 g/mol. The van der Waals surface area contributed by atoms with Gasteiger partial charge in [0.25, 0.3) is 0 Å². The van der Waals surface area contributed by atoms with Crippen molar-refractivity contribution in [3.05, 3.63) is 72.4 Å². The Labute approximate surface area is 183 Å². The van der Waals surface area contributed by atoms with E-state index in [2.05, 4.69) is 16.4 Å². The summed E-state index contributed by atoms with van der Waals surface area (Å²) in [5.41, 5.74) is 2.04. The molecular weight excluding hydrogens is 412 g/mol. The zero-order valence-corrected chi connectivity index (χ0v) is 18.3. The minimum Gasteiger partial charge on any atom is -0.457 e. The second-order valence-corrected chi connectivity index (χ2v) is 9.78. The monoisotopic (exact) mass is 438 g/mol. The molecule has 1 aliphatic rings. The topological polar surface area (TPSA) is 77.5 Å². The van der Waals surface area contributed by atoms with Crippen LogP contribution in [0, 0.1) is 5.92 Å². The normalized spacial score (nSPS) is 14.9. The third-order valence-corrected chi connectivity index (χ3v) is 6.46. The Morgan fingerprint density at radius 2 is 1.84 bits per heavy atom. The van der Waals surface area contributed by atoms with E-state index in [4.69, 9.17) is 9.47 Å². The van der Waals surface area contributed by atoms with E-state index in [1.54, 1.807) is 30.5 Å². The fraction of sp³-hybridized carbons (Fsp3) is 0.292. The molecule has 1 saturated heterocycles. The van der Waals surface area contributed by atoms with Crippen molar-refractivity contribution in [3.63, 3.8) is 0 Å². The van der Waals surface area contributed by atoms with Gasteiger partial charge in [0.1, 0.15) is 17.3 Å². The first-order valence-corrected chi connectivity index (χ1v) is 12.2. The highest BCUT2D eigenvalue weighted by atomic mass is 32.2. The van der Waals surface area contributed by atoms with Crippen molar-refractivity contribution in [3.8, 4) is 11.5 Å². The fourth-order valence-corrected chi connectivity index (χ4v) is 4.27. The molecule has 1 aliphatic heterocycles. The zero-order valence-electron chi connectivity index (χ0n) is 17.5. The summed E-state index contributed by atoms with van der Waals surface area (Å²) in [4.78, 5) is 4.60. The molecule has 1 N–H and O–H groups in total. The Morgan fingerprint density at radius 1 is 1.06 bits per heavy atom. The summed E-state index contributed by atoms with van der Waals surface area (Å²) >= 11 is 0. The van der Waals surface area contributed by atoms with Crippen molar-refractivity contribution in [1.29, 1.82) is 0 Å². The smallest absolute Gasteiger partial charge is 0.175 e. The van der Waals surface area contributed by atoms with Crippen LogP contribution in [0.3, 0.4) is 0 Å². The molecule has 0 aliphatic carbocycles. The van der Waals surface area contributed by atoms with Crippen LogP contribution in [-0.4, -0.2) is 32.9 Å². The number of hydrogen-bond donors (Lipinski definition) is 1. The molecule has 2 aromatic carbocycles. The number of anilines is 2. The Hall–Kier alpha value is -2.90. The molecule has 1 aromatic heterocycles. The second kappa shape index (κ2) is 9.49. The third-order valence-electron chi connectivity index (χ3n) is 5.33. The number of aromatic nitrogens is 1. The van der Waals surface area contributed by atoms with Crippen LogP contribution in [0.5, 0.6) is 11.5 Å². The number of hydrogen-bond acceptors (Lipinski definition) is 6. The van der Waals surface area contributed by atoms with E-state index in [9.17, 15) is 8.42 Å². The van der Waals surface area contributed by atoms with Gasteiger partial charge in [0.2, 0.25) is 0 Å². The second-order valence-electron chi connectivity index (χ2n) is 7.77. The van der Waals surface area contributed by atoms with Gasteiger partial charge >= 0.3 is 0 Å². The number of nitrogens with one attached hydrogen (secondary N) is 1. The molecule has 0 spiro atoms. The molecule has 0 unspecified atom stereocenters. The van der Waals surface area contributed by atoms with Gasteiger partial charge in [0.15, 0.2) is 9.84 Å². The van der Waals surface area contributed by atoms with Gasteiger partial charge < -0.3 is 14.8 Å². The van der Waals surface area contributed by atoms with Gasteiger partial charge in [-0.1, -0.05) is 6.07 Å². The highest BCUT2D eigenvalue weighted by molar-refractivity contribution is 7.90. The Morgan fingerprint density at radius 3 is 2.52 bits per heavy atom. The van der Waals surface area contributed by atoms with Crippen molar-refractivity contribution in [2.75, 3.05) is 24.8 Å². The van der Waals surface area contributed by atoms with Crippen molar-refractivity contribution >= 4 is 21.3 Å². The molecule has 4 rings (SSSR count). The molecule has 0 bridgehead atoms. The average Bonchev–Trinajstić information content (AvgIpc) is 2.77. The molecule has 162 valence electrons. The fourth-order valence-electron chi connectivity index (χ4n) is 3.64. The molecule has 31 heavy (non-hydrogen) atoms. The SMILES string of the molecule is CS(=O)(=O)c1ccc(Oc2ccc(Nc3ccccn3)cc2CC2CCOCC2)cc1. The predicted octanol–water partition coefficient (Wildman–Crippen LogP) is 4.99. The van der Waals surface area contributed by atoms with Gasteiger partial charge in [-0.15, -0.1) is 0 Å². The van der Waals surface area contributed by atoms with Crippen molar-refractivity contribution < 1.29 is 17.9 Å². The van der Waals surface area contributed by atoms with Crippen LogP contribution in [0.2, 0.25) is 0 Å². The molecule has 0 atom stereocenters. The van der Waals surface area contributed by atoms with Gasteiger partial charge in [-0.3, -0.25) is 0 Å². The van der Waals surface area contributed by atoms with Crippen LogP contribution in [0.15, 0.2) is 71.8 Å². The van der Waals surface area contributed by atoms with Crippen LogP contribution in [0.25, 0.3) is 0 Å². The number of ether oxygens (including phenoxy) is 2. The van der Waals surface area contributed by atoms with E-state index in [1.807, 2.05) is 30.3 Å². The lowest BCUT2D eigenvalue weighted by atomic mass is 9.92. The summed E-state index contributed by atoms with van der Waals surface area (Å²) in [5.74, 6) is 2.69. The van der Waals surface area contributed by atoms with E-state index in [0.29, 0.717) is 11.7 Å². The Bertz CT molecular complexity index is 1110. The third kappa shape index (κ3) is 5.83. The lowest BCUT2D eigenvalue weighted by Gasteiger charge is -2.23. The Balaban J connectivity index is 1.58. The van der Waals surface area contributed by atoms with E-state index >= 15 is 0 Å². The predicted molar refractivity (Wildman–Crippen MR) is 121 cm³/mol. The zero-order chi connectivity index (χ0) is 21.7.